The number of sulfonamides is 1. The maximum Gasteiger partial charge on any atom is 0.429 e. The fourth-order valence-electron chi connectivity index (χ4n) is 3.85. The highest BCUT2D eigenvalue weighted by molar-refractivity contribution is 7.89. The Morgan fingerprint density at radius 2 is 1.97 bits per heavy atom. The average molecular weight is 492 g/mol. The third kappa shape index (κ3) is 5.05. The third-order valence-electron chi connectivity index (χ3n) is 5.36. The lowest BCUT2D eigenvalue weighted by Gasteiger charge is -2.25. The minimum atomic E-state index is -3.77. The number of primary amides is 1. The average Bonchev–Trinajstić information content (AvgIpc) is 3.37. The molecule has 0 saturated carbocycles. The Kier molecular flexibility index (Phi) is 6.45. The first-order chi connectivity index (χ1) is 15.7. The molecule has 174 valence electrons. The molecule has 1 aliphatic heterocycles. The molecule has 0 bridgehead atoms. The van der Waals surface area contributed by atoms with Crippen molar-refractivity contribution in [3.05, 3.63) is 59.8 Å². The van der Waals surface area contributed by atoms with Crippen LogP contribution >= 0.6 is 11.6 Å². The van der Waals surface area contributed by atoms with E-state index in [1.165, 1.54) is 23.1 Å². The summed E-state index contributed by atoms with van der Waals surface area (Å²) in [5, 5.41) is 3.80. The van der Waals surface area contributed by atoms with Crippen molar-refractivity contribution in [3.8, 4) is 0 Å². The Balaban J connectivity index is 1.47. The number of benzene rings is 2. The van der Waals surface area contributed by atoms with Gasteiger partial charge < -0.3 is 20.8 Å². The van der Waals surface area contributed by atoms with Gasteiger partial charge in [-0.25, -0.2) is 22.7 Å². The molecular weight excluding hydrogens is 470 g/mol. The van der Waals surface area contributed by atoms with Crippen LogP contribution in [0.5, 0.6) is 0 Å². The highest BCUT2D eigenvalue weighted by Crippen LogP contribution is 2.27. The fourth-order valence-corrected chi connectivity index (χ4v) is 5.22. The normalized spacial score (nSPS) is 16.2. The van der Waals surface area contributed by atoms with Crippen LogP contribution in [0.3, 0.4) is 0 Å². The minimum absolute atomic E-state index is 0.0614. The summed E-state index contributed by atoms with van der Waals surface area (Å²) in [5.74, 6) is 0. The predicted molar refractivity (Wildman–Crippen MR) is 123 cm³/mol. The molecule has 4 rings (SSSR count). The molecule has 33 heavy (non-hydrogen) atoms. The molecule has 3 amide bonds. The quantitative estimate of drug-likeness (QED) is 0.487. The molecule has 1 atom stereocenters. The number of likely N-dealkylation sites (tertiary alicyclic amines) is 1. The van der Waals surface area contributed by atoms with Crippen molar-refractivity contribution < 1.29 is 22.8 Å². The van der Waals surface area contributed by atoms with E-state index >= 15 is 0 Å². The van der Waals surface area contributed by atoms with Crippen LogP contribution in [0.1, 0.15) is 12.8 Å². The number of rotatable bonds is 6. The summed E-state index contributed by atoms with van der Waals surface area (Å²) >= 11 is 5.90. The van der Waals surface area contributed by atoms with E-state index in [2.05, 4.69) is 10.0 Å². The zero-order valence-electron chi connectivity index (χ0n) is 17.4. The number of nitrogens with two attached hydrogens (primary N) is 1. The summed E-state index contributed by atoms with van der Waals surface area (Å²) in [5.41, 5.74) is 6.11. The highest BCUT2D eigenvalue weighted by Gasteiger charge is 2.30. The first-order valence-corrected chi connectivity index (χ1v) is 12.0. The number of hydrogen-bond donors (Lipinski definition) is 3. The maximum atomic E-state index is 13.0. The number of carbonyl (C=O) groups is 2. The lowest BCUT2D eigenvalue weighted by Crippen LogP contribution is -2.44. The zero-order valence-corrected chi connectivity index (χ0v) is 19.0. The van der Waals surface area contributed by atoms with Gasteiger partial charge in [0.25, 0.3) is 0 Å². The largest absolute Gasteiger partial charge is 0.429 e. The van der Waals surface area contributed by atoms with Gasteiger partial charge in [-0.3, -0.25) is 0 Å². The molecule has 2 aromatic carbocycles. The number of nitrogens with one attached hydrogen (secondary N) is 2. The van der Waals surface area contributed by atoms with E-state index in [0.29, 0.717) is 34.6 Å². The highest BCUT2D eigenvalue weighted by atomic mass is 35.5. The summed E-state index contributed by atoms with van der Waals surface area (Å²) in [6.45, 7) is 0.542. The molecule has 1 fully saturated rings. The predicted octanol–water partition coefficient (Wildman–Crippen LogP) is 2.78. The molecule has 1 aromatic heterocycles. The topological polar surface area (TPSA) is 136 Å². The van der Waals surface area contributed by atoms with Gasteiger partial charge in [0, 0.05) is 29.5 Å². The maximum absolute atomic E-state index is 13.0. The van der Waals surface area contributed by atoms with Crippen LogP contribution in [0, 0.1) is 0 Å². The van der Waals surface area contributed by atoms with Crippen LogP contribution in [0.25, 0.3) is 10.9 Å². The third-order valence-corrected chi connectivity index (χ3v) is 7.02. The van der Waals surface area contributed by atoms with Gasteiger partial charge in [0.05, 0.1) is 22.3 Å². The molecule has 1 aliphatic rings. The summed E-state index contributed by atoms with van der Waals surface area (Å²) in [6, 6.07) is 12.3. The molecule has 2 heterocycles. The second kappa shape index (κ2) is 9.30. The van der Waals surface area contributed by atoms with Crippen molar-refractivity contribution in [2.75, 3.05) is 18.4 Å². The SMILES string of the molecule is NC(=O)On1cc(NC(=O)N2CCC[C@H]2CNS(=O)(=O)c2cccc(Cl)c2)c2ccccc21. The number of para-hydroxylation sites is 1. The number of amides is 3. The number of anilines is 1. The van der Waals surface area contributed by atoms with Crippen LogP contribution in [-0.4, -0.2) is 49.3 Å². The summed E-state index contributed by atoms with van der Waals surface area (Å²) in [4.78, 5) is 30.8. The van der Waals surface area contributed by atoms with Crippen molar-refractivity contribution in [3.63, 3.8) is 0 Å². The van der Waals surface area contributed by atoms with Gasteiger partial charge in [0.1, 0.15) is 0 Å². The van der Waals surface area contributed by atoms with E-state index in [1.54, 1.807) is 41.3 Å². The van der Waals surface area contributed by atoms with Gasteiger partial charge in [0.15, 0.2) is 0 Å². The van der Waals surface area contributed by atoms with E-state index in [0.717, 1.165) is 6.42 Å². The van der Waals surface area contributed by atoms with E-state index in [4.69, 9.17) is 22.2 Å². The summed E-state index contributed by atoms with van der Waals surface area (Å²) < 4.78 is 29.0. The Morgan fingerprint density at radius 1 is 1.18 bits per heavy atom. The first-order valence-electron chi connectivity index (χ1n) is 10.2. The Hall–Kier alpha value is -3.28. The number of carbonyl (C=O) groups excluding carboxylic acids is 2. The Bertz CT molecular complexity index is 1310. The van der Waals surface area contributed by atoms with Crippen molar-refractivity contribution in [2.24, 2.45) is 5.73 Å². The van der Waals surface area contributed by atoms with Gasteiger partial charge in [-0.05, 0) is 37.1 Å². The number of aromatic nitrogens is 1. The van der Waals surface area contributed by atoms with E-state index in [1.807, 2.05) is 0 Å². The molecule has 1 saturated heterocycles. The van der Waals surface area contributed by atoms with Gasteiger partial charge in [-0.15, -0.1) is 0 Å². The second-order valence-electron chi connectivity index (χ2n) is 7.52. The number of hydrogen-bond acceptors (Lipinski definition) is 5. The van der Waals surface area contributed by atoms with Crippen LogP contribution in [0.4, 0.5) is 15.3 Å². The molecule has 3 aromatic rings. The minimum Gasteiger partial charge on any atom is -0.333 e. The van der Waals surface area contributed by atoms with Crippen molar-refractivity contribution in [1.82, 2.24) is 14.4 Å². The van der Waals surface area contributed by atoms with Gasteiger partial charge >= 0.3 is 12.1 Å². The fraction of sp³-hybridized carbons (Fsp3) is 0.238. The molecule has 0 radical (unpaired) electrons. The van der Waals surface area contributed by atoms with Crippen LogP contribution < -0.4 is 20.6 Å². The standard InChI is InChI=1S/C21H22ClN5O5S/c22-14-5-3-7-16(11-14)33(30,31)24-12-15-6-4-10-26(15)21(29)25-18-13-27(32-20(23)28)19-9-2-1-8-17(18)19/h1-3,5,7-9,11,13,15,24H,4,6,10,12H2,(H2,23,28)(H,25,29)/t15-/m0/s1. The van der Waals surface area contributed by atoms with Crippen molar-refractivity contribution >= 4 is 50.3 Å². The lowest BCUT2D eigenvalue weighted by molar-refractivity contribution is 0.149. The van der Waals surface area contributed by atoms with Crippen LogP contribution in [0.15, 0.2) is 59.6 Å². The number of halogens is 1. The van der Waals surface area contributed by atoms with Gasteiger partial charge in [0.2, 0.25) is 10.0 Å². The van der Waals surface area contributed by atoms with Gasteiger partial charge in [-0.2, -0.15) is 4.73 Å². The smallest absolute Gasteiger partial charge is 0.333 e. The second-order valence-corrected chi connectivity index (χ2v) is 9.73. The van der Waals surface area contributed by atoms with E-state index < -0.39 is 16.1 Å². The molecule has 4 N–H and O–H groups in total. The Labute approximate surface area is 195 Å². The van der Waals surface area contributed by atoms with Crippen LogP contribution in [-0.2, 0) is 10.0 Å². The number of urea groups is 1. The Morgan fingerprint density at radius 3 is 2.73 bits per heavy atom. The molecule has 0 aliphatic carbocycles. The van der Waals surface area contributed by atoms with Gasteiger partial charge in [-0.1, -0.05) is 35.9 Å². The molecule has 0 spiro atoms. The molecular formula is C21H22ClN5O5S. The molecule has 10 nitrogen and oxygen atoms in total. The zero-order chi connectivity index (χ0) is 23.6. The van der Waals surface area contributed by atoms with Crippen molar-refractivity contribution in [2.45, 2.75) is 23.8 Å². The van der Waals surface area contributed by atoms with E-state index in [9.17, 15) is 18.0 Å². The first kappa shape index (κ1) is 22.9. The molecule has 0 unspecified atom stereocenters. The monoisotopic (exact) mass is 491 g/mol. The molecule has 12 heteroatoms. The summed E-state index contributed by atoms with van der Waals surface area (Å²) in [7, 11) is -3.77. The summed E-state index contributed by atoms with van der Waals surface area (Å²) in [6.07, 6.45) is 1.86. The van der Waals surface area contributed by atoms with E-state index in [-0.39, 0.29) is 23.5 Å². The number of fused-ring (bicyclic) bond motifs is 1. The van der Waals surface area contributed by atoms with Crippen LogP contribution in [0.2, 0.25) is 5.02 Å². The number of nitrogens with zero attached hydrogens (tertiary/aromatic N) is 2. The lowest BCUT2D eigenvalue weighted by atomic mass is 10.2. The van der Waals surface area contributed by atoms with Crippen molar-refractivity contribution in [1.29, 1.82) is 0 Å².